The van der Waals surface area contributed by atoms with E-state index in [9.17, 15) is 0 Å². The first kappa shape index (κ1) is 12.9. The highest BCUT2D eigenvalue weighted by atomic mass is 16.5. The van der Waals surface area contributed by atoms with Crippen LogP contribution in [0.1, 0.15) is 33.6 Å². The smallest absolute Gasteiger partial charge is 0.0590 e. The summed E-state index contributed by atoms with van der Waals surface area (Å²) in [5.74, 6) is 0. The van der Waals surface area contributed by atoms with Gasteiger partial charge in [-0.15, -0.1) is 0 Å². The van der Waals surface area contributed by atoms with Crippen LogP contribution < -0.4 is 5.32 Å². The van der Waals surface area contributed by atoms with E-state index in [0.29, 0.717) is 6.04 Å². The lowest BCUT2D eigenvalue weighted by atomic mass is 9.98. The normalized spacial score (nSPS) is 28.2. The van der Waals surface area contributed by atoms with E-state index in [0.717, 1.165) is 25.8 Å². The molecule has 1 fully saturated rings. The van der Waals surface area contributed by atoms with Gasteiger partial charge in [0.15, 0.2) is 0 Å². The highest BCUT2D eigenvalue weighted by Crippen LogP contribution is 2.16. The summed E-state index contributed by atoms with van der Waals surface area (Å²) in [6, 6.07) is 1.43. The van der Waals surface area contributed by atoms with Crippen molar-refractivity contribution in [2.24, 2.45) is 0 Å². The molecule has 0 spiro atoms. The average Bonchev–Trinajstić information content (AvgIpc) is 2.25. The molecule has 0 aromatic heterocycles. The van der Waals surface area contributed by atoms with Gasteiger partial charge in [0.1, 0.15) is 0 Å². The fraction of sp³-hybridized carbons (Fsp3) is 1.00. The van der Waals surface area contributed by atoms with Crippen LogP contribution in [0.4, 0.5) is 0 Å². The lowest BCUT2D eigenvalue weighted by Gasteiger charge is -2.37. The van der Waals surface area contributed by atoms with Crippen LogP contribution >= 0.6 is 0 Å². The van der Waals surface area contributed by atoms with Crippen molar-refractivity contribution in [3.63, 3.8) is 0 Å². The standard InChI is InChI=1S/C12H26N2O/c1-4-14-8-6-12(10-11(14)3)13-7-9-15-5-2/h11-13H,4-10H2,1-3H3. The van der Waals surface area contributed by atoms with Gasteiger partial charge >= 0.3 is 0 Å². The Kier molecular flexibility index (Phi) is 6.22. The molecule has 3 nitrogen and oxygen atoms in total. The van der Waals surface area contributed by atoms with Crippen LogP contribution in [0.3, 0.4) is 0 Å². The van der Waals surface area contributed by atoms with Crippen molar-refractivity contribution in [3.8, 4) is 0 Å². The van der Waals surface area contributed by atoms with E-state index < -0.39 is 0 Å². The number of likely N-dealkylation sites (tertiary alicyclic amines) is 1. The first-order valence-corrected chi connectivity index (χ1v) is 6.33. The Morgan fingerprint density at radius 1 is 1.40 bits per heavy atom. The number of rotatable bonds is 6. The topological polar surface area (TPSA) is 24.5 Å². The molecule has 15 heavy (non-hydrogen) atoms. The third-order valence-electron chi connectivity index (χ3n) is 3.30. The van der Waals surface area contributed by atoms with Gasteiger partial charge in [-0.3, -0.25) is 0 Å². The number of piperidine rings is 1. The molecule has 0 aromatic carbocycles. The molecule has 0 saturated carbocycles. The van der Waals surface area contributed by atoms with Crippen molar-refractivity contribution in [2.45, 2.75) is 45.7 Å². The van der Waals surface area contributed by atoms with Gasteiger partial charge in [0.25, 0.3) is 0 Å². The minimum atomic E-state index is 0.697. The van der Waals surface area contributed by atoms with E-state index in [2.05, 4.69) is 24.1 Å². The van der Waals surface area contributed by atoms with E-state index in [4.69, 9.17) is 4.74 Å². The van der Waals surface area contributed by atoms with Crippen molar-refractivity contribution < 1.29 is 4.74 Å². The summed E-state index contributed by atoms with van der Waals surface area (Å²) in [6.45, 7) is 11.7. The molecule has 1 N–H and O–H groups in total. The first-order valence-electron chi connectivity index (χ1n) is 6.33. The van der Waals surface area contributed by atoms with E-state index in [1.807, 2.05) is 6.92 Å². The number of ether oxygens (including phenoxy) is 1. The molecule has 3 heteroatoms. The Bertz CT molecular complexity index is 164. The van der Waals surface area contributed by atoms with Gasteiger partial charge in [-0.1, -0.05) is 6.92 Å². The van der Waals surface area contributed by atoms with Gasteiger partial charge in [-0.25, -0.2) is 0 Å². The Hall–Kier alpha value is -0.120. The fourth-order valence-corrected chi connectivity index (χ4v) is 2.36. The molecule has 1 aliphatic heterocycles. The predicted octanol–water partition coefficient (Wildman–Crippen LogP) is 1.49. The molecule has 90 valence electrons. The maximum absolute atomic E-state index is 5.32. The van der Waals surface area contributed by atoms with Crippen molar-refractivity contribution in [1.82, 2.24) is 10.2 Å². The third kappa shape index (κ3) is 4.49. The zero-order chi connectivity index (χ0) is 11.1. The molecule has 0 amide bonds. The minimum Gasteiger partial charge on any atom is -0.380 e. The monoisotopic (exact) mass is 214 g/mol. The minimum absolute atomic E-state index is 0.697. The van der Waals surface area contributed by atoms with Crippen LogP contribution in [0.2, 0.25) is 0 Å². The van der Waals surface area contributed by atoms with E-state index >= 15 is 0 Å². The molecule has 1 rings (SSSR count). The summed E-state index contributed by atoms with van der Waals surface area (Å²) in [5, 5.41) is 3.58. The van der Waals surface area contributed by atoms with Gasteiger partial charge in [0.05, 0.1) is 6.61 Å². The van der Waals surface area contributed by atoms with Crippen molar-refractivity contribution in [1.29, 1.82) is 0 Å². The van der Waals surface area contributed by atoms with Crippen LogP contribution in [0.15, 0.2) is 0 Å². The Labute approximate surface area is 94.2 Å². The van der Waals surface area contributed by atoms with Gasteiger partial charge in [0.2, 0.25) is 0 Å². The Morgan fingerprint density at radius 3 is 2.80 bits per heavy atom. The van der Waals surface area contributed by atoms with Crippen LogP contribution in [-0.4, -0.2) is 49.8 Å². The molecule has 0 bridgehead atoms. The van der Waals surface area contributed by atoms with Crippen LogP contribution in [0.25, 0.3) is 0 Å². The third-order valence-corrected chi connectivity index (χ3v) is 3.30. The Balaban J connectivity index is 2.11. The Morgan fingerprint density at radius 2 is 2.20 bits per heavy atom. The molecular formula is C12H26N2O. The average molecular weight is 214 g/mol. The van der Waals surface area contributed by atoms with Crippen molar-refractivity contribution in [2.75, 3.05) is 32.8 Å². The zero-order valence-electron chi connectivity index (χ0n) is 10.5. The summed E-state index contributed by atoms with van der Waals surface area (Å²) in [6.07, 6.45) is 2.56. The molecular weight excluding hydrogens is 188 g/mol. The number of nitrogens with one attached hydrogen (secondary N) is 1. The zero-order valence-corrected chi connectivity index (χ0v) is 10.5. The number of nitrogens with zero attached hydrogens (tertiary/aromatic N) is 1. The van der Waals surface area contributed by atoms with Crippen molar-refractivity contribution >= 4 is 0 Å². The summed E-state index contributed by atoms with van der Waals surface area (Å²) >= 11 is 0. The second kappa shape index (κ2) is 7.20. The maximum atomic E-state index is 5.32. The van der Waals surface area contributed by atoms with Crippen LogP contribution in [0.5, 0.6) is 0 Å². The summed E-state index contributed by atoms with van der Waals surface area (Å²) in [7, 11) is 0. The van der Waals surface area contributed by atoms with E-state index in [1.165, 1.54) is 25.9 Å². The lowest BCUT2D eigenvalue weighted by molar-refractivity contribution is 0.123. The second-order valence-electron chi connectivity index (χ2n) is 4.35. The highest BCUT2D eigenvalue weighted by Gasteiger charge is 2.23. The fourth-order valence-electron chi connectivity index (χ4n) is 2.36. The molecule has 1 saturated heterocycles. The second-order valence-corrected chi connectivity index (χ2v) is 4.35. The molecule has 2 unspecified atom stereocenters. The van der Waals surface area contributed by atoms with E-state index in [-0.39, 0.29) is 0 Å². The summed E-state index contributed by atoms with van der Waals surface area (Å²) in [4.78, 5) is 2.56. The largest absolute Gasteiger partial charge is 0.380 e. The SMILES string of the molecule is CCOCCNC1CCN(CC)C(C)C1. The van der Waals surface area contributed by atoms with Crippen LogP contribution in [0, 0.1) is 0 Å². The lowest BCUT2D eigenvalue weighted by Crippen LogP contribution is -2.47. The molecule has 1 aliphatic rings. The predicted molar refractivity (Wildman–Crippen MR) is 64.2 cm³/mol. The van der Waals surface area contributed by atoms with Gasteiger partial charge < -0.3 is 15.0 Å². The highest BCUT2D eigenvalue weighted by molar-refractivity contribution is 4.82. The number of hydrogen-bond donors (Lipinski definition) is 1. The quantitative estimate of drug-likeness (QED) is 0.678. The van der Waals surface area contributed by atoms with Gasteiger partial charge in [0, 0.05) is 25.2 Å². The maximum Gasteiger partial charge on any atom is 0.0590 e. The van der Waals surface area contributed by atoms with E-state index in [1.54, 1.807) is 0 Å². The molecule has 0 radical (unpaired) electrons. The van der Waals surface area contributed by atoms with Gasteiger partial charge in [-0.05, 0) is 39.8 Å². The molecule has 0 aliphatic carbocycles. The summed E-state index contributed by atoms with van der Waals surface area (Å²) in [5.41, 5.74) is 0. The number of hydrogen-bond acceptors (Lipinski definition) is 3. The summed E-state index contributed by atoms with van der Waals surface area (Å²) < 4.78 is 5.32. The van der Waals surface area contributed by atoms with Crippen molar-refractivity contribution in [3.05, 3.63) is 0 Å². The molecule has 0 aromatic rings. The van der Waals surface area contributed by atoms with Gasteiger partial charge in [-0.2, -0.15) is 0 Å². The molecule has 1 heterocycles. The first-order chi connectivity index (χ1) is 7.27. The molecule has 2 atom stereocenters. The van der Waals surface area contributed by atoms with Crippen LogP contribution in [-0.2, 0) is 4.74 Å².